The number of hydrogen-bond acceptors (Lipinski definition) is 3. The van der Waals surface area contributed by atoms with Gasteiger partial charge in [0.25, 0.3) is 0 Å². The third-order valence-electron chi connectivity index (χ3n) is 2.74. The minimum atomic E-state index is -0.128. The molecule has 2 rings (SSSR count). The first kappa shape index (κ1) is 12.5. The molecule has 1 aliphatic heterocycles. The Morgan fingerprint density at radius 3 is 2.94 bits per heavy atom. The number of thioether (sulfide) groups is 1. The van der Waals surface area contributed by atoms with Crippen molar-refractivity contribution in [2.24, 2.45) is 5.73 Å². The molecule has 0 bridgehead atoms. The quantitative estimate of drug-likeness (QED) is 0.866. The van der Waals surface area contributed by atoms with Crippen LogP contribution in [-0.4, -0.2) is 17.2 Å². The highest BCUT2D eigenvalue weighted by molar-refractivity contribution is 8.00. The van der Waals surface area contributed by atoms with Crippen molar-refractivity contribution in [2.45, 2.75) is 37.1 Å². The molecule has 3 nitrogen and oxygen atoms in total. The van der Waals surface area contributed by atoms with E-state index in [1.165, 1.54) is 5.56 Å². The molecule has 0 radical (unpaired) electrons. The number of rotatable bonds is 3. The van der Waals surface area contributed by atoms with Crippen molar-refractivity contribution >= 4 is 23.4 Å². The molecule has 0 aliphatic carbocycles. The van der Waals surface area contributed by atoms with E-state index in [1.807, 2.05) is 19.9 Å². The average Bonchev–Trinajstić information content (AvgIpc) is 2.25. The van der Waals surface area contributed by atoms with Crippen molar-refractivity contribution in [3.05, 3.63) is 23.8 Å². The number of nitrogens with two attached hydrogens (primary N) is 1. The number of fused-ring (bicyclic) bond motifs is 1. The normalized spacial score (nSPS) is 15.4. The first-order valence-corrected chi connectivity index (χ1v) is 6.77. The van der Waals surface area contributed by atoms with E-state index < -0.39 is 0 Å². The van der Waals surface area contributed by atoms with Gasteiger partial charge in [-0.3, -0.25) is 4.79 Å². The van der Waals surface area contributed by atoms with Crippen LogP contribution in [0.5, 0.6) is 0 Å². The highest BCUT2D eigenvalue weighted by atomic mass is 32.2. The van der Waals surface area contributed by atoms with Crippen molar-refractivity contribution in [3.8, 4) is 0 Å². The fraction of sp³-hybridized carbons (Fsp3) is 0.462. The molecule has 0 saturated carbocycles. The van der Waals surface area contributed by atoms with Gasteiger partial charge in [-0.25, -0.2) is 0 Å². The van der Waals surface area contributed by atoms with Crippen LogP contribution in [0.15, 0.2) is 23.1 Å². The van der Waals surface area contributed by atoms with Gasteiger partial charge >= 0.3 is 0 Å². The first-order valence-electron chi connectivity index (χ1n) is 5.78. The van der Waals surface area contributed by atoms with Gasteiger partial charge in [0, 0.05) is 10.4 Å². The van der Waals surface area contributed by atoms with Crippen LogP contribution in [-0.2, 0) is 11.2 Å². The molecule has 1 aliphatic rings. The molecule has 1 aromatic carbocycles. The minimum Gasteiger partial charge on any atom is -0.326 e. The number of amides is 1. The number of carbonyl (C=O) groups is 1. The molecule has 1 aromatic rings. The van der Waals surface area contributed by atoms with E-state index in [0.717, 1.165) is 23.4 Å². The van der Waals surface area contributed by atoms with Crippen molar-refractivity contribution in [3.63, 3.8) is 0 Å². The smallest absolute Gasteiger partial charge is 0.234 e. The van der Waals surface area contributed by atoms with E-state index >= 15 is 0 Å². The molecule has 0 unspecified atom stereocenters. The lowest BCUT2D eigenvalue weighted by molar-refractivity contribution is -0.113. The fourth-order valence-electron chi connectivity index (χ4n) is 1.74. The summed E-state index contributed by atoms with van der Waals surface area (Å²) in [5, 5.41) is 2.87. The second-order valence-corrected chi connectivity index (χ2v) is 6.17. The number of hydrogen-bond donors (Lipinski definition) is 2. The van der Waals surface area contributed by atoms with Crippen LogP contribution >= 0.6 is 11.8 Å². The highest BCUT2D eigenvalue weighted by Gasteiger charge is 2.16. The zero-order valence-electron chi connectivity index (χ0n) is 10.2. The summed E-state index contributed by atoms with van der Waals surface area (Å²) in [6, 6.07) is 6.21. The molecular formula is C13H18N2OS. The van der Waals surface area contributed by atoms with E-state index in [2.05, 4.69) is 17.4 Å². The molecular weight excluding hydrogens is 232 g/mol. The number of nitrogens with one attached hydrogen (secondary N) is 1. The van der Waals surface area contributed by atoms with E-state index in [-0.39, 0.29) is 11.4 Å². The molecule has 3 N–H and O–H groups in total. The first-order chi connectivity index (χ1) is 7.94. The lowest BCUT2D eigenvalue weighted by atomic mass is 9.96. The zero-order chi connectivity index (χ0) is 12.5. The van der Waals surface area contributed by atoms with E-state index in [0.29, 0.717) is 5.75 Å². The molecule has 92 valence electrons. The van der Waals surface area contributed by atoms with Crippen LogP contribution in [0.4, 0.5) is 5.69 Å². The Hall–Kier alpha value is -1.00. The van der Waals surface area contributed by atoms with Gasteiger partial charge in [-0.05, 0) is 44.4 Å². The number of anilines is 1. The fourth-order valence-corrected chi connectivity index (χ4v) is 2.61. The summed E-state index contributed by atoms with van der Waals surface area (Å²) in [5.41, 5.74) is 8.07. The summed E-state index contributed by atoms with van der Waals surface area (Å²) in [6.45, 7) is 4.08. The molecule has 0 spiro atoms. The zero-order valence-corrected chi connectivity index (χ0v) is 11.1. The summed E-state index contributed by atoms with van der Waals surface area (Å²) in [5.74, 6) is 0.595. The third kappa shape index (κ3) is 3.48. The van der Waals surface area contributed by atoms with Crippen LogP contribution in [0.1, 0.15) is 25.8 Å². The Kier molecular flexibility index (Phi) is 3.45. The van der Waals surface area contributed by atoms with Crippen LogP contribution in [0.2, 0.25) is 0 Å². The molecule has 0 fully saturated rings. The predicted octanol–water partition coefficient (Wildman–Crippen LogP) is 2.40. The van der Waals surface area contributed by atoms with E-state index in [4.69, 9.17) is 5.73 Å². The maximum absolute atomic E-state index is 11.2. The van der Waals surface area contributed by atoms with Gasteiger partial charge in [0.05, 0.1) is 11.4 Å². The SMILES string of the molecule is CC(C)(N)CCc1ccc2c(c1)SCC(=O)N2. The molecule has 0 aromatic heterocycles. The van der Waals surface area contributed by atoms with Crippen molar-refractivity contribution in [2.75, 3.05) is 11.1 Å². The summed E-state index contributed by atoms with van der Waals surface area (Å²) >= 11 is 1.60. The molecule has 0 atom stereocenters. The Balaban J connectivity index is 2.09. The largest absolute Gasteiger partial charge is 0.326 e. The van der Waals surface area contributed by atoms with Gasteiger partial charge in [-0.2, -0.15) is 0 Å². The van der Waals surface area contributed by atoms with Crippen LogP contribution in [0.25, 0.3) is 0 Å². The van der Waals surface area contributed by atoms with Gasteiger partial charge in [0.1, 0.15) is 0 Å². The number of benzene rings is 1. The van der Waals surface area contributed by atoms with Crippen molar-refractivity contribution in [1.82, 2.24) is 0 Å². The highest BCUT2D eigenvalue weighted by Crippen LogP contribution is 2.32. The molecule has 4 heteroatoms. The summed E-state index contributed by atoms with van der Waals surface area (Å²) < 4.78 is 0. The van der Waals surface area contributed by atoms with E-state index in [1.54, 1.807) is 11.8 Å². The lowest BCUT2D eigenvalue weighted by Gasteiger charge is -2.20. The molecule has 0 saturated heterocycles. The Morgan fingerprint density at radius 2 is 2.24 bits per heavy atom. The second-order valence-electron chi connectivity index (χ2n) is 5.16. The summed E-state index contributed by atoms with van der Waals surface area (Å²) in [7, 11) is 0. The summed E-state index contributed by atoms with van der Waals surface area (Å²) in [6.07, 6.45) is 1.94. The standard InChI is InChI=1S/C13H18N2OS/c1-13(2,14)6-5-9-3-4-10-11(7-9)17-8-12(16)15-10/h3-4,7H,5-6,8,14H2,1-2H3,(H,15,16). The van der Waals surface area contributed by atoms with Gasteiger partial charge in [0.15, 0.2) is 0 Å². The van der Waals surface area contributed by atoms with Crippen molar-refractivity contribution in [1.29, 1.82) is 0 Å². The molecule has 1 amide bonds. The predicted molar refractivity (Wildman–Crippen MR) is 72.4 cm³/mol. The minimum absolute atomic E-state index is 0.0818. The monoisotopic (exact) mass is 250 g/mol. The summed E-state index contributed by atoms with van der Waals surface area (Å²) in [4.78, 5) is 12.4. The third-order valence-corrected chi connectivity index (χ3v) is 3.79. The van der Waals surface area contributed by atoms with Crippen molar-refractivity contribution < 1.29 is 4.79 Å². The molecule has 1 heterocycles. The number of aryl methyl sites for hydroxylation is 1. The Labute approximate surface area is 106 Å². The van der Waals surface area contributed by atoms with Crippen LogP contribution in [0, 0.1) is 0 Å². The van der Waals surface area contributed by atoms with Gasteiger partial charge in [0.2, 0.25) is 5.91 Å². The lowest BCUT2D eigenvalue weighted by Crippen LogP contribution is -2.32. The Morgan fingerprint density at radius 1 is 1.47 bits per heavy atom. The van der Waals surface area contributed by atoms with Gasteiger partial charge in [-0.15, -0.1) is 11.8 Å². The van der Waals surface area contributed by atoms with E-state index in [9.17, 15) is 4.79 Å². The van der Waals surface area contributed by atoms with Gasteiger partial charge in [-0.1, -0.05) is 6.07 Å². The Bertz CT molecular complexity index is 438. The maximum Gasteiger partial charge on any atom is 0.234 e. The second kappa shape index (κ2) is 4.70. The average molecular weight is 250 g/mol. The maximum atomic E-state index is 11.2. The topological polar surface area (TPSA) is 55.1 Å². The van der Waals surface area contributed by atoms with Gasteiger partial charge < -0.3 is 11.1 Å². The number of carbonyl (C=O) groups excluding carboxylic acids is 1. The molecule has 17 heavy (non-hydrogen) atoms. The van der Waals surface area contributed by atoms with Crippen LogP contribution < -0.4 is 11.1 Å². The van der Waals surface area contributed by atoms with Crippen LogP contribution in [0.3, 0.4) is 0 Å².